The molecule has 168 valence electrons. The molecule has 5 rings (SSSR count). The van der Waals surface area contributed by atoms with E-state index in [0.29, 0.717) is 47.6 Å². The highest BCUT2D eigenvalue weighted by atomic mass is 16.5. The second kappa shape index (κ2) is 8.71. The number of amides is 1. The lowest BCUT2D eigenvalue weighted by Crippen LogP contribution is -2.50. The number of anilines is 3. The molecule has 1 aliphatic heterocycles. The van der Waals surface area contributed by atoms with E-state index in [4.69, 9.17) is 9.72 Å². The van der Waals surface area contributed by atoms with Crippen LogP contribution in [0.4, 0.5) is 17.5 Å². The molecule has 0 aromatic carbocycles. The van der Waals surface area contributed by atoms with Crippen LogP contribution < -0.4 is 16.0 Å². The quantitative estimate of drug-likeness (QED) is 0.462. The minimum absolute atomic E-state index is 0.224. The van der Waals surface area contributed by atoms with Crippen molar-refractivity contribution < 1.29 is 14.6 Å². The largest absolute Gasteiger partial charge is 0.391 e. The second-order valence-electron chi connectivity index (χ2n) is 8.28. The summed E-state index contributed by atoms with van der Waals surface area (Å²) in [6.07, 6.45) is 4.57. The summed E-state index contributed by atoms with van der Waals surface area (Å²) >= 11 is 0. The van der Waals surface area contributed by atoms with Crippen LogP contribution in [0, 0.1) is 0 Å². The zero-order valence-electron chi connectivity index (χ0n) is 17.9. The zero-order chi connectivity index (χ0) is 22.1. The van der Waals surface area contributed by atoms with Gasteiger partial charge in [-0.3, -0.25) is 4.79 Å². The first-order chi connectivity index (χ1) is 15.6. The average Bonchev–Trinajstić information content (AvgIpc) is 3.26. The fourth-order valence-corrected chi connectivity index (χ4v) is 4.12. The van der Waals surface area contributed by atoms with Crippen LogP contribution >= 0.6 is 0 Å². The van der Waals surface area contributed by atoms with Crippen molar-refractivity contribution in [3.8, 4) is 0 Å². The molecule has 0 unspecified atom stereocenters. The van der Waals surface area contributed by atoms with E-state index < -0.39 is 6.10 Å². The number of rotatable bonds is 6. The Morgan fingerprint density at radius 3 is 2.84 bits per heavy atom. The molecular weight excluding hydrogens is 410 g/mol. The van der Waals surface area contributed by atoms with E-state index in [-0.39, 0.29) is 11.9 Å². The Kier molecular flexibility index (Phi) is 5.62. The van der Waals surface area contributed by atoms with E-state index in [1.165, 1.54) is 6.20 Å². The fourth-order valence-electron chi connectivity index (χ4n) is 4.12. The molecule has 3 atom stereocenters. The molecule has 32 heavy (non-hydrogen) atoms. The van der Waals surface area contributed by atoms with Crippen molar-refractivity contribution in [2.45, 2.75) is 43.7 Å². The van der Waals surface area contributed by atoms with Gasteiger partial charge in [0.25, 0.3) is 5.91 Å². The predicted octanol–water partition coefficient (Wildman–Crippen LogP) is 2.06. The summed E-state index contributed by atoms with van der Waals surface area (Å²) in [6.45, 7) is 1.50. The summed E-state index contributed by atoms with van der Waals surface area (Å²) in [4.78, 5) is 22.2. The molecule has 1 amide bonds. The number of hydrogen-bond acceptors (Lipinski definition) is 8. The highest BCUT2D eigenvalue weighted by molar-refractivity contribution is 6.00. The lowest BCUT2D eigenvalue weighted by molar-refractivity contribution is 0.0448. The van der Waals surface area contributed by atoms with Gasteiger partial charge in [0.2, 0.25) is 0 Å². The highest BCUT2D eigenvalue weighted by Gasteiger charge is 2.31. The summed E-state index contributed by atoms with van der Waals surface area (Å²) in [5.41, 5.74) is 1.76. The number of hydrogen-bond donors (Lipinski definition) is 4. The normalized spacial score (nSPS) is 22.9. The number of aliphatic hydroxyl groups is 1. The van der Waals surface area contributed by atoms with E-state index >= 15 is 0 Å². The second-order valence-corrected chi connectivity index (χ2v) is 8.28. The van der Waals surface area contributed by atoms with Crippen LogP contribution in [0.3, 0.4) is 0 Å². The predicted molar refractivity (Wildman–Crippen MR) is 119 cm³/mol. The molecule has 3 aromatic rings. The van der Waals surface area contributed by atoms with E-state index in [2.05, 4.69) is 26.0 Å². The summed E-state index contributed by atoms with van der Waals surface area (Å²) in [6, 6.07) is 7.47. The van der Waals surface area contributed by atoms with Gasteiger partial charge in [-0.25, -0.2) is 9.97 Å². The molecule has 1 saturated heterocycles. The molecule has 0 spiro atoms. The zero-order valence-corrected chi connectivity index (χ0v) is 17.9. The average molecular weight is 438 g/mol. The molecule has 1 saturated carbocycles. The Morgan fingerprint density at radius 1 is 1.22 bits per heavy atom. The summed E-state index contributed by atoms with van der Waals surface area (Å²) in [5, 5.41) is 23.3. The lowest BCUT2D eigenvalue weighted by Gasteiger charge is -2.32. The van der Waals surface area contributed by atoms with Crippen molar-refractivity contribution >= 4 is 29.0 Å². The first-order valence-corrected chi connectivity index (χ1v) is 11.0. The third kappa shape index (κ3) is 3.98. The maximum absolute atomic E-state index is 12.8. The van der Waals surface area contributed by atoms with Gasteiger partial charge in [0, 0.05) is 31.3 Å². The molecular formula is C22H27N7O3. The third-order valence-corrected chi connectivity index (χ3v) is 6.13. The molecule has 2 fully saturated rings. The van der Waals surface area contributed by atoms with Crippen LogP contribution in [0.5, 0.6) is 0 Å². The number of ether oxygens (including phenoxy) is 1. The monoisotopic (exact) mass is 437 g/mol. The van der Waals surface area contributed by atoms with Crippen LogP contribution in [0.15, 0.2) is 30.5 Å². The minimum Gasteiger partial charge on any atom is -0.391 e. The molecule has 10 heteroatoms. The van der Waals surface area contributed by atoms with E-state index in [1.54, 1.807) is 11.6 Å². The number of aromatic nitrogens is 4. The maximum atomic E-state index is 12.8. The van der Waals surface area contributed by atoms with Gasteiger partial charge in [-0.15, -0.1) is 0 Å². The van der Waals surface area contributed by atoms with Gasteiger partial charge in [-0.1, -0.05) is 6.07 Å². The number of carbonyl (C=O) groups excluding carboxylic acids is 1. The van der Waals surface area contributed by atoms with Crippen molar-refractivity contribution in [2.75, 3.05) is 30.9 Å². The van der Waals surface area contributed by atoms with Gasteiger partial charge in [0.05, 0.1) is 24.9 Å². The van der Waals surface area contributed by atoms with E-state index in [0.717, 1.165) is 31.6 Å². The van der Waals surface area contributed by atoms with E-state index in [9.17, 15) is 9.90 Å². The highest BCUT2D eigenvalue weighted by Crippen LogP contribution is 2.27. The first kappa shape index (κ1) is 20.7. The molecule has 4 heterocycles. The minimum atomic E-state index is -0.494. The van der Waals surface area contributed by atoms with Crippen molar-refractivity contribution in [2.24, 2.45) is 0 Å². The molecule has 10 nitrogen and oxygen atoms in total. The number of fused-ring (bicyclic) bond motifs is 1. The van der Waals surface area contributed by atoms with E-state index in [1.807, 2.05) is 24.3 Å². The van der Waals surface area contributed by atoms with Crippen molar-refractivity contribution in [1.82, 2.24) is 24.9 Å². The molecule has 1 aliphatic carbocycles. The Bertz CT molecular complexity index is 1130. The van der Waals surface area contributed by atoms with Gasteiger partial charge in [0.15, 0.2) is 5.65 Å². The van der Waals surface area contributed by atoms with Crippen LogP contribution in [0.2, 0.25) is 0 Å². The van der Waals surface area contributed by atoms with Crippen molar-refractivity contribution in [3.05, 3.63) is 41.7 Å². The number of nitrogens with one attached hydrogen (secondary N) is 3. The Labute approximate surface area is 185 Å². The summed E-state index contributed by atoms with van der Waals surface area (Å²) < 4.78 is 7.19. The van der Waals surface area contributed by atoms with Crippen LogP contribution in [0.25, 0.3) is 5.65 Å². The number of pyridine rings is 1. The molecule has 0 radical (unpaired) electrons. The SMILES string of the molecule is CNc1cc(Nc2cccc([C@@H]3CCCOC3)n2)nc2c(C(=O)N[C@@H]3CC[C@H]3O)cnn12. The van der Waals surface area contributed by atoms with Crippen LogP contribution in [0.1, 0.15) is 47.7 Å². The topological polar surface area (TPSA) is 126 Å². The molecule has 2 aliphatic rings. The van der Waals surface area contributed by atoms with Gasteiger partial charge in [0.1, 0.15) is 23.0 Å². The van der Waals surface area contributed by atoms with Gasteiger partial charge >= 0.3 is 0 Å². The van der Waals surface area contributed by atoms with Crippen molar-refractivity contribution in [3.63, 3.8) is 0 Å². The van der Waals surface area contributed by atoms with Gasteiger partial charge in [-0.2, -0.15) is 9.61 Å². The van der Waals surface area contributed by atoms with Gasteiger partial charge < -0.3 is 25.8 Å². The molecule has 4 N–H and O–H groups in total. The third-order valence-electron chi connectivity index (χ3n) is 6.13. The maximum Gasteiger partial charge on any atom is 0.257 e. The standard InChI is InChI=1S/C22H27N7O3/c1-23-20-10-19(27-18-6-2-5-15(25-18)13-4-3-9-32-12-13)28-21-14(11-24-29(20)21)22(31)26-16-7-8-17(16)30/h2,5-6,10-11,13,16-17,23,30H,3-4,7-9,12H2,1H3,(H,26,31)(H,25,27,28)/t13-,16-,17-/m1/s1. The van der Waals surface area contributed by atoms with Crippen LogP contribution in [-0.4, -0.2) is 63.0 Å². The van der Waals surface area contributed by atoms with Crippen LogP contribution in [-0.2, 0) is 4.74 Å². The number of aliphatic hydroxyl groups excluding tert-OH is 1. The lowest BCUT2D eigenvalue weighted by atomic mass is 9.89. The Morgan fingerprint density at radius 2 is 2.12 bits per heavy atom. The Balaban J connectivity index is 1.42. The van der Waals surface area contributed by atoms with Gasteiger partial charge in [-0.05, 0) is 37.8 Å². The Hall–Kier alpha value is -3.24. The van der Waals surface area contributed by atoms with Crippen molar-refractivity contribution in [1.29, 1.82) is 0 Å². The number of carbonyl (C=O) groups is 1. The molecule has 3 aromatic heterocycles. The fraction of sp³-hybridized carbons (Fsp3) is 0.455. The first-order valence-electron chi connectivity index (χ1n) is 11.0. The molecule has 0 bridgehead atoms. The smallest absolute Gasteiger partial charge is 0.257 e. The number of nitrogens with zero attached hydrogens (tertiary/aromatic N) is 4. The summed E-state index contributed by atoms with van der Waals surface area (Å²) in [5.74, 6) is 1.89. The summed E-state index contributed by atoms with van der Waals surface area (Å²) in [7, 11) is 1.78.